The topological polar surface area (TPSA) is 78.5 Å². The van der Waals surface area contributed by atoms with Gasteiger partial charge in [-0.3, -0.25) is 19.7 Å². The highest BCUT2D eigenvalue weighted by Gasteiger charge is 2.40. The largest absolute Gasteiger partial charge is 0.322 e. The molecule has 5 rings (SSSR count). The first-order valence-corrected chi connectivity index (χ1v) is 11.5. The van der Waals surface area contributed by atoms with Crippen LogP contribution >= 0.6 is 0 Å². The lowest BCUT2D eigenvalue weighted by Gasteiger charge is -2.38. The van der Waals surface area contributed by atoms with E-state index >= 15 is 0 Å². The lowest BCUT2D eigenvalue weighted by Crippen LogP contribution is -2.52. The Bertz CT molecular complexity index is 874. The molecular formula is C24H31N3O3. The first-order chi connectivity index (χ1) is 14.5. The van der Waals surface area contributed by atoms with Crippen molar-refractivity contribution in [3.63, 3.8) is 0 Å². The number of carbonyl (C=O) groups excluding carboxylic acids is 3. The van der Waals surface area contributed by atoms with Gasteiger partial charge in [0.25, 0.3) is 5.91 Å². The van der Waals surface area contributed by atoms with Crippen LogP contribution in [0.15, 0.2) is 18.2 Å². The van der Waals surface area contributed by atoms with Crippen molar-refractivity contribution in [2.45, 2.75) is 89.4 Å². The van der Waals surface area contributed by atoms with Gasteiger partial charge in [-0.05, 0) is 61.1 Å². The summed E-state index contributed by atoms with van der Waals surface area (Å²) in [7, 11) is 0. The molecule has 2 heterocycles. The molecule has 2 saturated carbocycles. The highest BCUT2D eigenvalue weighted by molar-refractivity contribution is 6.05. The molecule has 1 aromatic rings. The summed E-state index contributed by atoms with van der Waals surface area (Å²) in [5.41, 5.74) is 3.46. The summed E-state index contributed by atoms with van der Waals surface area (Å²) in [6.45, 7) is 1.27. The molecule has 1 spiro atoms. The van der Waals surface area contributed by atoms with Gasteiger partial charge in [0.1, 0.15) is 6.04 Å². The Morgan fingerprint density at radius 3 is 2.67 bits per heavy atom. The molecule has 2 atom stereocenters. The summed E-state index contributed by atoms with van der Waals surface area (Å²) in [5, 5.41) is 6.14. The molecular weight excluding hydrogens is 378 g/mol. The minimum absolute atomic E-state index is 0.102. The Kier molecular flexibility index (Phi) is 5.13. The Balaban J connectivity index is 1.22. The summed E-state index contributed by atoms with van der Waals surface area (Å²) in [5.74, 6) is -0.710. The second-order valence-electron chi connectivity index (χ2n) is 9.77. The first-order valence-electron chi connectivity index (χ1n) is 11.5. The number of benzene rings is 1. The lowest BCUT2D eigenvalue weighted by atomic mass is 9.71. The molecule has 1 saturated heterocycles. The monoisotopic (exact) mass is 409 g/mol. The van der Waals surface area contributed by atoms with Crippen LogP contribution in [0, 0.1) is 5.41 Å². The van der Waals surface area contributed by atoms with Crippen LogP contribution in [-0.2, 0) is 22.7 Å². The summed E-state index contributed by atoms with van der Waals surface area (Å²) in [6, 6.07) is 6.09. The SMILES string of the molecule is O=C1CCC(N2Cc3cc(CNC4CCCC5(CCCC5)C4)ccc3C2=O)C(=O)N1. The molecule has 4 aliphatic rings. The smallest absolute Gasteiger partial charge is 0.255 e. The van der Waals surface area contributed by atoms with Crippen molar-refractivity contribution in [2.75, 3.05) is 0 Å². The number of nitrogens with one attached hydrogen (secondary N) is 2. The van der Waals surface area contributed by atoms with E-state index in [-0.39, 0.29) is 24.1 Å². The average Bonchev–Trinajstić information content (AvgIpc) is 3.31. The molecule has 30 heavy (non-hydrogen) atoms. The summed E-state index contributed by atoms with van der Waals surface area (Å²) >= 11 is 0. The molecule has 0 aromatic heterocycles. The molecule has 2 unspecified atom stereocenters. The number of fused-ring (bicyclic) bond motifs is 1. The molecule has 0 radical (unpaired) electrons. The molecule has 1 aromatic carbocycles. The maximum Gasteiger partial charge on any atom is 0.255 e. The molecule has 2 N–H and O–H groups in total. The third kappa shape index (κ3) is 3.66. The van der Waals surface area contributed by atoms with Gasteiger partial charge in [0.05, 0.1) is 0 Å². The quantitative estimate of drug-likeness (QED) is 0.750. The van der Waals surface area contributed by atoms with E-state index in [4.69, 9.17) is 0 Å². The van der Waals surface area contributed by atoms with Gasteiger partial charge in [-0.2, -0.15) is 0 Å². The second kappa shape index (κ2) is 7.80. The van der Waals surface area contributed by atoms with Crippen LogP contribution in [-0.4, -0.2) is 34.7 Å². The van der Waals surface area contributed by atoms with E-state index in [1.54, 1.807) is 4.90 Å². The second-order valence-corrected chi connectivity index (χ2v) is 9.77. The minimum Gasteiger partial charge on any atom is -0.322 e. The van der Waals surface area contributed by atoms with E-state index in [0.29, 0.717) is 30.0 Å². The van der Waals surface area contributed by atoms with Gasteiger partial charge in [0.15, 0.2) is 0 Å². The van der Waals surface area contributed by atoms with Crippen LogP contribution in [0.3, 0.4) is 0 Å². The van der Waals surface area contributed by atoms with E-state index in [2.05, 4.69) is 16.7 Å². The Labute approximate surface area is 177 Å². The van der Waals surface area contributed by atoms with Gasteiger partial charge in [0.2, 0.25) is 11.8 Å². The number of imide groups is 1. The van der Waals surface area contributed by atoms with Crippen LogP contribution in [0.5, 0.6) is 0 Å². The maximum atomic E-state index is 12.8. The number of rotatable bonds is 4. The average molecular weight is 410 g/mol. The summed E-state index contributed by atoms with van der Waals surface area (Å²) < 4.78 is 0. The number of carbonyl (C=O) groups is 3. The maximum absolute atomic E-state index is 12.8. The van der Waals surface area contributed by atoms with Gasteiger partial charge in [-0.25, -0.2) is 0 Å². The predicted molar refractivity (Wildman–Crippen MR) is 112 cm³/mol. The zero-order chi connectivity index (χ0) is 20.7. The standard InChI is InChI=1S/C24H31N3O3/c28-21-8-7-20(22(29)26-21)27-15-17-12-16(5-6-19(17)23(27)30)14-25-18-4-3-11-24(13-18)9-1-2-10-24/h5-6,12,18,20,25H,1-4,7-11,13-15H2,(H,26,28,29). The molecule has 160 valence electrons. The Morgan fingerprint density at radius 1 is 1.07 bits per heavy atom. The predicted octanol–water partition coefficient (Wildman–Crippen LogP) is 3.04. The highest BCUT2D eigenvalue weighted by Crippen LogP contribution is 2.48. The number of hydrogen-bond acceptors (Lipinski definition) is 4. The van der Waals surface area contributed by atoms with Crippen LogP contribution in [0.2, 0.25) is 0 Å². The van der Waals surface area contributed by atoms with E-state index in [1.807, 2.05) is 12.1 Å². The molecule has 2 aliphatic heterocycles. The normalized spacial score (nSPS) is 28.1. The van der Waals surface area contributed by atoms with Gasteiger partial charge in [-0.1, -0.05) is 31.4 Å². The van der Waals surface area contributed by atoms with Gasteiger partial charge < -0.3 is 10.2 Å². The molecule has 2 aliphatic carbocycles. The van der Waals surface area contributed by atoms with Crippen LogP contribution < -0.4 is 10.6 Å². The fourth-order valence-corrected chi connectivity index (χ4v) is 6.20. The molecule has 3 amide bonds. The van der Waals surface area contributed by atoms with Gasteiger partial charge in [0, 0.05) is 31.1 Å². The van der Waals surface area contributed by atoms with Crippen molar-refractivity contribution >= 4 is 17.7 Å². The highest BCUT2D eigenvalue weighted by atomic mass is 16.2. The van der Waals surface area contributed by atoms with E-state index < -0.39 is 6.04 Å². The number of piperidine rings is 1. The lowest BCUT2D eigenvalue weighted by molar-refractivity contribution is -0.136. The Morgan fingerprint density at radius 2 is 1.87 bits per heavy atom. The number of amides is 3. The molecule has 6 heteroatoms. The Hall–Kier alpha value is -2.21. The van der Waals surface area contributed by atoms with Crippen LogP contribution in [0.1, 0.15) is 85.7 Å². The number of nitrogens with zero attached hydrogens (tertiary/aromatic N) is 1. The first kappa shape index (κ1) is 19.7. The molecule has 3 fully saturated rings. The fraction of sp³-hybridized carbons (Fsp3) is 0.625. The zero-order valence-electron chi connectivity index (χ0n) is 17.5. The summed E-state index contributed by atoms with van der Waals surface area (Å²) in [4.78, 5) is 38.1. The van der Waals surface area contributed by atoms with Crippen molar-refractivity contribution < 1.29 is 14.4 Å². The van der Waals surface area contributed by atoms with Crippen molar-refractivity contribution in [3.05, 3.63) is 34.9 Å². The third-order valence-corrected chi connectivity index (χ3v) is 7.79. The van der Waals surface area contributed by atoms with E-state index in [0.717, 1.165) is 12.1 Å². The van der Waals surface area contributed by atoms with Crippen LogP contribution in [0.25, 0.3) is 0 Å². The van der Waals surface area contributed by atoms with Crippen LogP contribution in [0.4, 0.5) is 0 Å². The van der Waals surface area contributed by atoms with Gasteiger partial charge in [-0.15, -0.1) is 0 Å². The fourth-order valence-electron chi connectivity index (χ4n) is 6.20. The van der Waals surface area contributed by atoms with E-state index in [9.17, 15) is 14.4 Å². The third-order valence-electron chi connectivity index (χ3n) is 7.79. The molecule has 0 bridgehead atoms. The molecule has 6 nitrogen and oxygen atoms in total. The van der Waals surface area contributed by atoms with Crippen molar-refractivity contribution in [3.8, 4) is 0 Å². The summed E-state index contributed by atoms with van der Waals surface area (Å²) in [6.07, 6.45) is 11.6. The number of hydrogen-bond donors (Lipinski definition) is 2. The van der Waals surface area contributed by atoms with E-state index in [1.165, 1.54) is 56.9 Å². The van der Waals surface area contributed by atoms with Crippen molar-refractivity contribution in [2.24, 2.45) is 5.41 Å². The van der Waals surface area contributed by atoms with Crippen molar-refractivity contribution in [1.29, 1.82) is 0 Å². The minimum atomic E-state index is -0.547. The van der Waals surface area contributed by atoms with Crippen molar-refractivity contribution in [1.82, 2.24) is 15.5 Å². The van der Waals surface area contributed by atoms with Gasteiger partial charge >= 0.3 is 0 Å². The zero-order valence-corrected chi connectivity index (χ0v) is 17.5.